The van der Waals surface area contributed by atoms with Crippen LogP contribution in [0.3, 0.4) is 0 Å². The van der Waals surface area contributed by atoms with Gasteiger partial charge in [0.25, 0.3) is 0 Å². The number of benzene rings is 2. The molecular weight excluding hydrogens is 342 g/mol. The molecule has 3 N–H and O–H groups in total. The highest BCUT2D eigenvalue weighted by atomic mass is 35.5. The first-order valence-electron chi connectivity index (χ1n) is 7.77. The molecule has 6 heteroatoms. The van der Waals surface area contributed by atoms with Gasteiger partial charge in [-0.05, 0) is 41.5 Å². The van der Waals surface area contributed by atoms with Crippen LogP contribution in [0.4, 0.5) is 5.69 Å². The number of aliphatic imine (C=N–C) groups is 1. The molecule has 1 heterocycles. The third-order valence-electron chi connectivity index (χ3n) is 3.94. The van der Waals surface area contributed by atoms with E-state index in [0.717, 1.165) is 17.9 Å². The van der Waals surface area contributed by atoms with E-state index in [2.05, 4.69) is 34.6 Å². The molecule has 4 nitrogen and oxygen atoms in total. The van der Waals surface area contributed by atoms with E-state index in [1.165, 1.54) is 11.1 Å². The SMILES string of the molecule is COc1ccc(NC(N)=NCC2SCCc3ccccc32)cc1Cl. The molecule has 1 unspecified atom stereocenters. The highest BCUT2D eigenvalue weighted by Gasteiger charge is 2.19. The van der Waals surface area contributed by atoms with Crippen LogP contribution in [0.25, 0.3) is 0 Å². The number of anilines is 1. The van der Waals surface area contributed by atoms with E-state index in [4.69, 9.17) is 22.1 Å². The summed E-state index contributed by atoms with van der Waals surface area (Å²) in [7, 11) is 1.59. The number of methoxy groups -OCH3 is 1. The van der Waals surface area contributed by atoms with Crippen molar-refractivity contribution in [3.63, 3.8) is 0 Å². The van der Waals surface area contributed by atoms with Crippen LogP contribution in [-0.4, -0.2) is 25.4 Å². The van der Waals surface area contributed by atoms with E-state index in [9.17, 15) is 0 Å². The van der Waals surface area contributed by atoms with Crippen LogP contribution in [0.1, 0.15) is 16.4 Å². The summed E-state index contributed by atoms with van der Waals surface area (Å²) in [5.74, 6) is 2.14. The zero-order valence-corrected chi connectivity index (χ0v) is 15.0. The fraction of sp³-hybridized carbons (Fsp3) is 0.278. The highest BCUT2D eigenvalue weighted by Crippen LogP contribution is 2.36. The maximum Gasteiger partial charge on any atom is 0.193 e. The van der Waals surface area contributed by atoms with Crippen LogP contribution in [-0.2, 0) is 6.42 Å². The zero-order chi connectivity index (χ0) is 16.9. The summed E-state index contributed by atoms with van der Waals surface area (Å²) in [5.41, 5.74) is 9.60. The molecule has 3 rings (SSSR count). The molecule has 0 bridgehead atoms. The Hall–Kier alpha value is -1.85. The zero-order valence-electron chi connectivity index (χ0n) is 13.5. The van der Waals surface area contributed by atoms with Crippen molar-refractivity contribution in [1.82, 2.24) is 0 Å². The van der Waals surface area contributed by atoms with E-state index in [0.29, 0.717) is 28.5 Å². The van der Waals surface area contributed by atoms with Crippen molar-refractivity contribution < 1.29 is 4.74 Å². The number of hydrogen-bond acceptors (Lipinski definition) is 3. The van der Waals surface area contributed by atoms with Gasteiger partial charge in [0.15, 0.2) is 5.96 Å². The first-order valence-corrected chi connectivity index (χ1v) is 9.20. The predicted octanol–water partition coefficient (Wildman–Crippen LogP) is 4.11. The minimum atomic E-state index is 0.356. The Balaban J connectivity index is 1.66. The van der Waals surface area contributed by atoms with Gasteiger partial charge in [0.1, 0.15) is 5.75 Å². The van der Waals surface area contributed by atoms with Gasteiger partial charge in [-0.25, -0.2) is 0 Å². The standard InChI is InChI=1S/C18H20ClN3OS/c1-23-16-7-6-13(10-15(16)19)22-18(20)21-11-17-14-5-3-2-4-12(14)8-9-24-17/h2-7,10,17H,8-9,11H2,1H3,(H3,20,21,22). The van der Waals surface area contributed by atoms with E-state index < -0.39 is 0 Å². The minimum absolute atomic E-state index is 0.356. The Morgan fingerprint density at radius 1 is 1.38 bits per heavy atom. The molecule has 0 spiro atoms. The van der Waals surface area contributed by atoms with Gasteiger partial charge in [0, 0.05) is 10.9 Å². The van der Waals surface area contributed by atoms with Gasteiger partial charge < -0.3 is 15.8 Å². The molecule has 126 valence electrons. The molecule has 0 saturated heterocycles. The predicted molar refractivity (Wildman–Crippen MR) is 103 cm³/mol. The topological polar surface area (TPSA) is 59.6 Å². The summed E-state index contributed by atoms with van der Waals surface area (Å²) in [4.78, 5) is 4.50. The Labute approximate surface area is 151 Å². The minimum Gasteiger partial charge on any atom is -0.495 e. The molecule has 0 aliphatic carbocycles. The molecule has 0 radical (unpaired) electrons. The van der Waals surface area contributed by atoms with Gasteiger partial charge in [-0.2, -0.15) is 11.8 Å². The smallest absolute Gasteiger partial charge is 0.193 e. The van der Waals surface area contributed by atoms with Crippen LogP contribution in [0, 0.1) is 0 Å². The molecule has 2 aromatic rings. The average Bonchev–Trinajstić information content (AvgIpc) is 2.60. The van der Waals surface area contributed by atoms with E-state index in [-0.39, 0.29) is 0 Å². The number of halogens is 1. The summed E-state index contributed by atoms with van der Waals surface area (Å²) in [6.07, 6.45) is 1.12. The van der Waals surface area contributed by atoms with Gasteiger partial charge in [-0.1, -0.05) is 35.9 Å². The van der Waals surface area contributed by atoms with Crippen molar-refractivity contribution in [1.29, 1.82) is 0 Å². The second-order valence-electron chi connectivity index (χ2n) is 5.51. The monoisotopic (exact) mass is 361 g/mol. The second-order valence-corrected chi connectivity index (χ2v) is 7.23. The van der Waals surface area contributed by atoms with Crippen molar-refractivity contribution in [2.45, 2.75) is 11.7 Å². The molecule has 1 atom stereocenters. The summed E-state index contributed by atoms with van der Waals surface area (Å²) in [6.45, 7) is 0.657. The summed E-state index contributed by atoms with van der Waals surface area (Å²) in [6, 6.07) is 14.0. The number of aryl methyl sites for hydroxylation is 1. The number of thioether (sulfide) groups is 1. The summed E-state index contributed by atoms with van der Waals surface area (Å²) >= 11 is 8.05. The normalized spacial score (nSPS) is 17.2. The molecule has 1 aliphatic heterocycles. The van der Waals surface area contributed by atoms with Crippen molar-refractivity contribution >= 4 is 35.0 Å². The molecule has 24 heavy (non-hydrogen) atoms. The second kappa shape index (κ2) is 7.81. The number of rotatable bonds is 4. The Morgan fingerprint density at radius 2 is 2.21 bits per heavy atom. The number of nitrogens with two attached hydrogens (primary N) is 1. The Morgan fingerprint density at radius 3 is 3.00 bits per heavy atom. The molecule has 0 fully saturated rings. The fourth-order valence-electron chi connectivity index (χ4n) is 2.74. The van der Waals surface area contributed by atoms with Gasteiger partial charge in [-0.15, -0.1) is 0 Å². The van der Waals surface area contributed by atoms with Crippen molar-refractivity contribution in [3.8, 4) is 5.75 Å². The van der Waals surface area contributed by atoms with E-state index in [1.54, 1.807) is 19.2 Å². The first kappa shape index (κ1) is 17.0. The lowest BCUT2D eigenvalue weighted by molar-refractivity contribution is 0.415. The van der Waals surface area contributed by atoms with Gasteiger partial charge in [0.2, 0.25) is 0 Å². The summed E-state index contributed by atoms with van der Waals surface area (Å²) < 4.78 is 5.14. The summed E-state index contributed by atoms with van der Waals surface area (Å²) in [5, 5.41) is 3.97. The lowest BCUT2D eigenvalue weighted by atomic mass is 10.0. The lowest BCUT2D eigenvalue weighted by Crippen LogP contribution is -2.24. The quantitative estimate of drug-likeness (QED) is 0.635. The Kier molecular flexibility index (Phi) is 5.53. The third kappa shape index (κ3) is 3.97. The number of nitrogens with one attached hydrogen (secondary N) is 1. The molecule has 1 aliphatic rings. The largest absolute Gasteiger partial charge is 0.495 e. The molecule has 0 amide bonds. The Bertz CT molecular complexity index is 751. The number of ether oxygens (including phenoxy) is 1. The van der Waals surface area contributed by atoms with Gasteiger partial charge >= 0.3 is 0 Å². The molecular formula is C18H20ClN3OS. The van der Waals surface area contributed by atoms with Crippen molar-refractivity contribution in [2.24, 2.45) is 10.7 Å². The van der Waals surface area contributed by atoms with Crippen LogP contribution >= 0.6 is 23.4 Å². The van der Waals surface area contributed by atoms with Crippen LogP contribution < -0.4 is 15.8 Å². The van der Waals surface area contributed by atoms with Crippen LogP contribution in [0.5, 0.6) is 5.75 Å². The molecule has 0 aromatic heterocycles. The average molecular weight is 362 g/mol. The van der Waals surface area contributed by atoms with E-state index >= 15 is 0 Å². The maximum atomic E-state index is 6.12. The van der Waals surface area contributed by atoms with Crippen LogP contribution in [0.2, 0.25) is 5.02 Å². The van der Waals surface area contributed by atoms with Crippen molar-refractivity contribution in [3.05, 3.63) is 58.6 Å². The molecule has 0 saturated carbocycles. The van der Waals surface area contributed by atoms with Crippen molar-refractivity contribution in [2.75, 3.05) is 24.7 Å². The fourth-order valence-corrected chi connectivity index (χ4v) is 4.21. The molecule has 2 aromatic carbocycles. The number of fused-ring (bicyclic) bond motifs is 1. The van der Waals surface area contributed by atoms with E-state index in [1.807, 2.05) is 17.8 Å². The highest BCUT2D eigenvalue weighted by molar-refractivity contribution is 7.99. The lowest BCUT2D eigenvalue weighted by Gasteiger charge is -2.23. The first-order chi connectivity index (χ1) is 11.7. The van der Waals surface area contributed by atoms with Gasteiger partial charge in [0.05, 0.1) is 18.7 Å². The van der Waals surface area contributed by atoms with Crippen LogP contribution in [0.15, 0.2) is 47.5 Å². The number of nitrogens with zero attached hydrogens (tertiary/aromatic N) is 1. The van der Waals surface area contributed by atoms with Gasteiger partial charge in [-0.3, -0.25) is 4.99 Å². The third-order valence-corrected chi connectivity index (χ3v) is 5.48. The number of guanidine groups is 1. The maximum absolute atomic E-state index is 6.12. The number of hydrogen-bond donors (Lipinski definition) is 2.